The fourth-order valence-corrected chi connectivity index (χ4v) is 2.68. The van der Waals surface area contributed by atoms with Gasteiger partial charge < -0.3 is 4.52 Å². The van der Waals surface area contributed by atoms with Crippen LogP contribution in [0, 0.1) is 45.7 Å². The maximum Gasteiger partial charge on any atom is 0.305 e. The zero-order valence-corrected chi connectivity index (χ0v) is 16.1. The lowest BCUT2D eigenvalue weighted by Crippen LogP contribution is -1.93. The molecule has 3 rings (SSSR count). The van der Waals surface area contributed by atoms with Gasteiger partial charge in [-0.2, -0.15) is 8.78 Å². The van der Waals surface area contributed by atoms with Crippen molar-refractivity contribution >= 4 is 27.3 Å². The lowest BCUT2D eigenvalue weighted by molar-refractivity contribution is -0.387. The predicted molar refractivity (Wildman–Crippen MR) is 98.8 cm³/mol. The van der Waals surface area contributed by atoms with E-state index in [9.17, 15) is 29.0 Å². The van der Waals surface area contributed by atoms with E-state index in [-0.39, 0.29) is 0 Å². The second kappa shape index (κ2) is 8.65. The van der Waals surface area contributed by atoms with Gasteiger partial charge in [0.15, 0.2) is 0 Å². The summed E-state index contributed by atoms with van der Waals surface area (Å²) in [6, 6.07) is 7.29. The molecular weight excluding hydrogens is 444 g/mol. The van der Waals surface area contributed by atoms with E-state index in [2.05, 4.69) is 21.1 Å². The summed E-state index contributed by atoms with van der Waals surface area (Å²) in [7, 11) is 0. The molecule has 3 aromatic rings. The highest BCUT2D eigenvalue weighted by Gasteiger charge is 2.18. The van der Waals surface area contributed by atoms with Crippen LogP contribution in [0.1, 0.15) is 11.5 Å². The quantitative estimate of drug-likeness (QED) is 0.380. The second-order valence-corrected chi connectivity index (χ2v) is 6.39. The molecule has 0 saturated heterocycles. The molecule has 0 radical (unpaired) electrons. The Morgan fingerprint density at radius 2 is 1.50 bits per heavy atom. The summed E-state index contributed by atoms with van der Waals surface area (Å²) in [6.45, 7) is 3.42. The monoisotopic (exact) mass is 455 g/mol. The number of nitro benzene ring substituents is 2. The van der Waals surface area contributed by atoms with Gasteiger partial charge in [0, 0.05) is 22.2 Å². The number of hydrogen-bond donors (Lipinski definition) is 0. The Balaban J connectivity index is 0.000000221. The summed E-state index contributed by atoms with van der Waals surface area (Å²) in [5.74, 6) is -1.13. The molecule has 0 unspecified atom stereocenters. The van der Waals surface area contributed by atoms with E-state index in [1.165, 1.54) is 18.2 Å². The van der Waals surface area contributed by atoms with E-state index in [0.717, 1.165) is 18.2 Å². The molecule has 1 heterocycles. The smallest absolute Gasteiger partial charge is 0.305 e. The standard InChI is InChI=1S/C11H9FN2O3.C6H3BrFNO2/c1-6-11(7(2)17-13-6)8-3-4-9(12)10(5-8)14(15)16;7-4-1-2-5(8)6(3-4)9(10)11/h3-5H,1-2H3;1-3H. The fraction of sp³-hybridized carbons (Fsp3) is 0.118. The molecule has 0 aliphatic heterocycles. The van der Waals surface area contributed by atoms with Gasteiger partial charge >= 0.3 is 11.4 Å². The summed E-state index contributed by atoms with van der Waals surface area (Å²) in [4.78, 5) is 19.2. The molecule has 146 valence electrons. The fourth-order valence-electron chi connectivity index (χ4n) is 2.33. The van der Waals surface area contributed by atoms with Crippen LogP contribution in [0.5, 0.6) is 0 Å². The van der Waals surface area contributed by atoms with Crippen LogP contribution < -0.4 is 0 Å². The molecule has 0 aliphatic carbocycles. The molecule has 0 N–H and O–H groups in total. The van der Waals surface area contributed by atoms with Gasteiger partial charge in [-0.05, 0) is 37.6 Å². The number of halogens is 3. The first-order valence-corrected chi connectivity index (χ1v) is 8.37. The molecule has 1 aromatic heterocycles. The minimum absolute atomic E-state index is 0.491. The first kappa shape index (κ1) is 21.1. The first-order valence-electron chi connectivity index (χ1n) is 7.58. The highest BCUT2D eigenvalue weighted by atomic mass is 79.9. The third-order valence-electron chi connectivity index (χ3n) is 3.57. The van der Waals surface area contributed by atoms with Crippen LogP contribution in [-0.2, 0) is 0 Å². The molecule has 8 nitrogen and oxygen atoms in total. The van der Waals surface area contributed by atoms with Crippen LogP contribution in [0.15, 0.2) is 45.4 Å². The van der Waals surface area contributed by atoms with Crippen molar-refractivity contribution < 1.29 is 23.2 Å². The number of aromatic nitrogens is 1. The molecule has 11 heteroatoms. The molecule has 28 heavy (non-hydrogen) atoms. The summed E-state index contributed by atoms with van der Waals surface area (Å²) in [5, 5.41) is 24.5. The van der Waals surface area contributed by atoms with E-state index in [1.807, 2.05) is 0 Å². The third kappa shape index (κ3) is 4.74. The molecule has 0 spiro atoms. The van der Waals surface area contributed by atoms with Crippen molar-refractivity contribution in [1.29, 1.82) is 0 Å². The Bertz CT molecular complexity index is 1040. The molecule has 0 aliphatic rings. The van der Waals surface area contributed by atoms with Crippen molar-refractivity contribution in [1.82, 2.24) is 5.16 Å². The van der Waals surface area contributed by atoms with Crippen LogP contribution in [-0.4, -0.2) is 15.0 Å². The average molecular weight is 456 g/mol. The first-order chi connectivity index (χ1) is 13.1. The molecule has 0 bridgehead atoms. The van der Waals surface area contributed by atoms with E-state index < -0.39 is 32.9 Å². The minimum atomic E-state index is -0.856. The average Bonchev–Trinajstić information content (AvgIpc) is 2.96. The molecule has 0 amide bonds. The van der Waals surface area contributed by atoms with E-state index in [4.69, 9.17) is 4.52 Å². The minimum Gasteiger partial charge on any atom is -0.361 e. The molecule has 2 aromatic carbocycles. The van der Waals surface area contributed by atoms with Crippen LogP contribution in [0.2, 0.25) is 0 Å². The number of benzene rings is 2. The Morgan fingerprint density at radius 3 is 1.96 bits per heavy atom. The van der Waals surface area contributed by atoms with Gasteiger partial charge in [-0.1, -0.05) is 27.2 Å². The van der Waals surface area contributed by atoms with Crippen molar-refractivity contribution in [3.63, 3.8) is 0 Å². The zero-order chi connectivity index (χ0) is 21.0. The lowest BCUT2D eigenvalue weighted by atomic mass is 10.0. The van der Waals surface area contributed by atoms with E-state index in [1.54, 1.807) is 13.8 Å². The summed E-state index contributed by atoms with van der Waals surface area (Å²) >= 11 is 2.99. The normalized spacial score (nSPS) is 10.2. The lowest BCUT2D eigenvalue weighted by Gasteiger charge is -2.00. The van der Waals surface area contributed by atoms with Crippen molar-refractivity contribution in [2.45, 2.75) is 13.8 Å². The Hall–Kier alpha value is -3.21. The highest BCUT2D eigenvalue weighted by molar-refractivity contribution is 9.10. The van der Waals surface area contributed by atoms with Gasteiger partial charge in [0.25, 0.3) is 0 Å². The summed E-state index contributed by atoms with van der Waals surface area (Å²) in [6.07, 6.45) is 0. The number of aryl methyl sites for hydroxylation is 2. The molecule has 0 saturated carbocycles. The Labute approximate surface area is 165 Å². The number of nitrogens with zero attached hydrogens (tertiary/aromatic N) is 3. The maximum atomic E-state index is 13.2. The van der Waals surface area contributed by atoms with Crippen molar-refractivity contribution in [3.8, 4) is 11.1 Å². The maximum absolute atomic E-state index is 13.2. The Kier molecular flexibility index (Phi) is 6.52. The van der Waals surface area contributed by atoms with Gasteiger partial charge in [0.1, 0.15) is 5.76 Å². The van der Waals surface area contributed by atoms with Crippen LogP contribution in [0.3, 0.4) is 0 Å². The summed E-state index contributed by atoms with van der Waals surface area (Å²) in [5.41, 5.74) is 0.729. The molecule has 0 fully saturated rings. The van der Waals surface area contributed by atoms with Crippen molar-refractivity contribution in [2.24, 2.45) is 0 Å². The van der Waals surface area contributed by atoms with Gasteiger partial charge in [0.05, 0.1) is 15.5 Å². The number of nitro groups is 2. The molecule has 0 atom stereocenters. The predicted octanol–water partition coefficient (Wildman–Crippen LogP) is 5.50. The number of rotatable bonds is 3. The van der Waals surface area contributed by atoms with Gasteiger partial charge in [-0.3, -0.25) is 20.2 Å². The molecular formula is C17H12BrF2N3O5. The topological polar surface area (TPSA) is 112 Å². The van der Waals surface area contributed by atoms with Crippen molar-refractivity contribution in [3.05, 3.63) is 84.2 Å². The van der Waals surface area contributed by atoms with Gasteiger partial charge in [-0.15, -0.1) is 0 Å². The SMILES string of the molecule is Cc1noc(C)c1-c1ccc(F)c([N+](=O)[O-])c1.O=[N+]([O-])c1cc(Br)ccc1F. The van der Waals surface area contributed by atoms with Gasteiger partial charge in [-0.25, -0.2) is 0 Å². The zero-order valence-electron chi connectivity index (χ0n) is 14.5. The largest absolute Gasteiger partial charge is 0.361 e. The summed E-state index contributed by atoms with van der Waals surface area (Å²) < 4.78 is 31.2. The van der Waals surface area contributed by atoms with E-state index >= 15 is 0 Å². The van der Waals surface area contributed by atoms with Gasteiger partial charge in [0.2, 0.25) is 11.6 Å². The van der Waals surface area contributed by atoms with Crippen LogP contribution in [0.4, 0.5) is 20.2 Å². The highest BCUT2D eigenvalue weighted by Crippen LogP contribution is 2.30. The second-order valence-electron chi connectivity index (χ2n) is 5.48. The van der Waals surface area contributed by atoms with Crippen LogP contribution in [0.25, 0.3) is 11.1 Å². The van der Waals surface area contributed by atoms with Crippen molar-refractivity contribution in [2.75, 3.05) is 0 Å². The van der Waals surface area contributed by atoms with Crippen LogP contribution >= 0.6 is 15.9 Å². The van der Waals surface area contributed by atoms with E-state index in [0.29, 0.717) is 27.1 Å². The Morgan fingerprint density at radius 1 is 0.964 bits per heavy atom. The number of hydrogen-bond acceptors (Lipinski definition) is 6. The third-order valence-corrected chi connectivity index (χ3v) is 4.06.